The summed E-state index contributed by atoms with van der Waals surface area (Å²) in [6, 6.07) is 7.58. The van der Waals surface area contributed by atoms with Gasteiger partial charge in [-0.3, -0.25) is 4.79 Å². The number of fused-ring (bicyclic) bond motifs is 1. The molecular weight excluding hydrogens is 248 g/mol. The zero-order chi connectivity index (χ0) is 13.0. The number of carbonyl (C=O) groups is 1. The number of aromatic nitrogens is 1. The monoisotopic (exact) mass is 264 g/mol. The van der Waals surface area contributed by atoms with Crippen LogP contribution in [0.3, 0.4) is 0 Å². The van der Waals surface area contributed by atoms with Crippen LogP contribution in [0.15, 0.2) is 33.9 Å². The number of hydrogen-bond donors (Lipinski definition) is 1. The molecule has 1 atom stereocenters. The Labute approximate surface area is 110 Å². The highest BCUT2D eigenvalue weighted by atomic mass is 32.2. The third-order valence-electron chi connectivity index (χ3n) is 2.47. The maximum atomic E-state index is 11.7. The number of rotatable bonds is 5. The summed E-state index contributed by atoms with van der Waals surface area (Å²) in [5.41, 5.74) is 1.57. The lowest BCUT2D eigenvalue weighted by molar-refractivity contribution is -0.120. The van der Waals surface area contributed by atoms with Gasteiger partial charge in [0.1, 0.15) is 5.52 Å². The molecule has 0 unspecified atom stereocenters. The van der Waals surface area contributed by atoms with Crippen LogP contribution in [0.1, 0.15) is 20.3 Å². The van der Waals surface area contributed by atoms with E-state index in [4.69, 9.17) is 4.42 Å². The minimum Gasteiger partial charge on any atom is -0.431 e. The van der Waals surface area contributed by atoms with E-state index in [1.165, 1.54) is 11.8 Å². The Balaban J connectivity index is 2.02. The number of benzene rings is 1. The molecule has 5 heteroatoms. The van der Waals surface area contributed by atoms with Crippen molar-refractivity contribution in [1.82, 2.24) is 10.3 Å². The largest absolute Gasteiger partial charge is 0.431 e. The Morgan fingerprint density at radius 1 is 1.50 bits per heavy atom. The van der Waals surface area contributed by atoms with E-state index in [1.807, 2.05) is 38.1 Å². The van der Waals surface area contributed by atoms with E-state index in [0.29, 0.717) is 11.8 Å². The maximum Gasteiger partial charge on any atom is 0.257 e. The molecule has 0 saturated heterocycles. The number of nitrogens with one attached hydrogen (secondary N) is 1. The van der Waals surface area contributed by atoms with Gasteiger partial charge in [0.25, 0.3) is 5.22 Å². The summed E-state index contributed by atoms with van der Waals surface area (Å²) >= 11 is 1.34. The van der Waals surface area contributed by atoms with Gasteiger partial charge in [-0.15, -0.1) is 0 Å². The molecule has 4 nitrogen and oxygen atoms in total. The Morgan fingerprint density at radius 3 is 3.00 bits per heavy atom. The number of thioether (sulfide) groups is 1. The predicted molar refractivity (Wildman–Crippen MR) is 72.6 cm³/mol. The van der Waals surface area contributed by atoms with E-state index in [2.05, 4.69) is 10.3 Å². The number of nitrogens with zero attached hydrogens (tertiary/aromatic N) is 1. The Hall–Kier alpha value is -1.49. The Kier molecular flexibility index (Phi) is 4.25. The fourth-order valence-corrected chi connectivity index (χ4v) is 2.28. The number of carbonyl (C=O) groups excluding carboxylic acids is 1. The lowest BCUT2D eigenvalue weighted by Gasteiger charge is -2.08. The topological polar surface area (TPSA) is 55.1 Å². The van der Waals surface area contributed by atoms with Gasteiger partial charge in [0.15, 0.2) is 5.58 Å². The SMILES string of the molecule is CCCNC(=O)[C@@H](C)Sc1nc2ccccc2o1. The van der Waals surface area contributed by atoms with Crippen molar-refractivity contribution in [3.05, 3.63) is 24.3 Å². The summed E-state index contributed by atoms with van der Waals surface area (Å²) in [7, 11) is 0. The molecule has 1 heterocycles. The van der Waals surface area contributed by atoms with Gasteiger partial charge in [-0.1, -0.05) is 30.8 Å². The number of hydrogen-bond acceptors (Lipinski definition) is 4. The van der Waals surface area contributed by atoms with Gasteiger partial charge in [0, 0.05) is 6.54 Å². The van der Waals surface area contributed by atoms with Crippen molar-refractivity contribution in [2.24, 2.45) is 0 Å². The van der Waals surface area contributed by atoms with E-state index in [0.717, 1.165) is 17.5 Å². The van der Waals surface area contributed by atoms with Crippen molar-refractivity contribution in [3.8, 4) is 0 Å². The average molecular weight is 264 g/mol. The second-order valence-electron chi connectivity index (χ2n) is 4.00. The normalized spacial score (nSPS) is 12.6. The summed E-state index contributed by atoms with van der Waals surface area (Å²) in [6.45, 7) is 4.58. The van der Waals surface area contributed by atoms with E-state index in [-0.39, 0.29) is 11.2 Å². The highest BCUT2D eigenvalue weighted by Crippen LogP contribution is 2.26. The molecule has 0 aliphatic carbocycles. The standard InChI is InChI=1S/C13H16N2O2S/c1-3-8-14-12(16)9(2)18-13-15-10-6-4-5-7-11(10)17-13/h4-7,9H,3,8H2,1-2H3,(H,14,16)/t9-/m1/s1. The molecule has 0 fully saturated rings. The van der Waals surface area contributed by atoms with Gasteiger partial charge in [0.05, 0.1) is 5.25 Å². The second-order valence-corrected chi connectivity index (χ2v) is 5.29. The molecular formula is C13H16N2O2S. The Bertz CT molecular complexity index is 506. The van der Waals surface area contributed by atoms with Crippen molar-refractivity contribution < 1.29 is 9.21 Å². The quantitative estimate of drug-likeness (QED) is 0.844. The first-order valence-electron chi connectivity index (χ1n) is 6.00. The van der Waals surface area contributed by atoms with E-state index in [9.17, 15) is 4.79 Å². The first kappa shape index (κ1) is 13.0. The van der Waals surface area contributed by atoms with Crippen LogP contribution in [0, 0.1) is 0 Å². The highest BCUT2D eigenvalue weighted by molar-refractivity contribution is 8.00. The van der Waals surface area contributed by atoms with E-state index < -0.39 is 0 Å². The third-order valence-corrected chi connectivity index (χ3v) is 3.41. The van der Waals surface area contributed by atoms with Crippen molar-refractivity contribution in [2.45, 2.75) is 30.7 Å². The minimum absolute atomic E-state index is 0.0177. The van der Waals surface area contributed by atoms with Crippen LogP contribution in [0.25, 0.3) is 11.1 Å². The molecule has 1 aromatic carbocycles. The fraction of sp³-hybridized carbons (Fsp3) is 0.385. The lowest BCUT2D eigenvalue weighted by atomic mass is 10.3. The Morgan fingerprint density at radius 2 is 2.28 bits per heavy atom. The summed E-state index contributed by atoms with van der Waals surface area (Å²) in [5, 5.41) is 3.19. The molecule has 0 aliphatic rings. The molecule has 2 rings (SSSR count). The van der Waals surface area contributed by atoms with Crippen molar-refractivity contribution in [2.75, 3.05) is 6.54 Å². The summed E-state index contributed by atoms with van der Waals surface area (Å²) in [4.78, 5) is 16.1. The average Bonchev–Trinajstić information content (AvgIpc) is 2.77. The summed E-state index contributed by atoms with van der Waals surface area (Å²) in [6.07, 6.45) is 0.937. The van der Waals surface area contributed by atoms with Crippen LogP contribution in [0.5, 0.6) is 0 Å². The molecule has 0 radical (unpaired) electrons. The molecule has 0 aliphatic heterocycles. The van der Waals surface area contributed by atoms with Crippen LogP contribution in [0.2, 0.25) is 0 Å². The lowest BCUT2D eigenvalue weighted by Crippen LogP contribution is -2.31. The number of amides is 1. The van der Waals surface area contributed by atoms with Crippen molar-refractivity contribution in [1.29, 1.82) is 0 Å². The maximum absolute atomic E-state index is 11.7. The molecule has 0 saturated carbocycles. The van der Waals surface area contributed by atoms with Crippen LogP contribution < -0.4 is 5.32 Å². The molecule has 2 aromatic rings. The van der Waals surface area contributed by atoms with Crippen LogP contribution in [-0.4, -0.2) is 22.7 Å². The molecule has 1 amide bonds. The molecule has 0 bridgehead atoms. The summed E-state index contributed by atoms with van der Waals surface area (Å²) in [5.74, 6) is 0.0177. The minimum atomic E-state index is -0.204. The zero-order valence-electron chi connectivity index (χ0n) is 10.5. The van der Waals surface area contributed by atoms with Crippen LogP contribution in [0.4, 0.5) is 0 Å². The van der Waals surface area contributed by atoms with Gasteiger partial charge >= 0.3 is 0 Å². The van der Waals surface area contributed by atoms with Gasteiger partial charge in [-0.25, -0.2) is 4.98 Å². The molecule has 18 heavy (non-hydrogen) atoms. The van der Waals surface area contributed by atoms with Gasteiger partial charge < -0.3 is 9.73 Å². The van der Waals surface area contributed by atoms with Crippen LogP contribution >= 0.6 is 11.8 Å². The van der Waals surface area contributed by atoms with Gasteiger partial charge in [-0.2, -0.15) is 0 Å². The fourth-order valence-electron chi connectivity index (χ4n) is 1.50. The second kappa shape index (κ2) is 5.91. The number of para-hydroxylation sites is 2. The number of oxazole rings is 1. The zero-order valence-corrected chi connectivity index (χ0v) is 11.3. The van der Waals surface area contributed by atoms with Crippen molar-refractivity contribution in [3.63, 3.8) is 0 Å². The first-order valence-corrected chi connectivity index (χ1v) is 6.88. The summed E-state index contributed by atoms with van der Waals surface area (Å²) < 4.78 is 5.57. The van der Waals surface area contributed by atoms with E-state index in [1.54, 1.807) is 0 Å². The highest BCUT2D eigenvalue weighted by Gasteiger charge is 2.17. The molecule has 1 N–H and O–H groups in total. The molecule has 0 spiro atoms. The van der Waals surface area contributed by atoms with E-state index >= 15 is 0 Å². The van der Waals surface area contributed by atoms with Crippen LogP contribution in [-0.2, 0) is 4.79 Å². The van der Waals surface area contributed by atoms with Gasteiger partial charge in [0.2, 0.25) is 5.91 Å². The predicted octanol–water partition coefficient (Wildman–Crippen LogP) is 2.83. The molecule has 1 aromatic heterocycles. The van der Waals surface area contributed by atoms with Gasteiger partial charge in [-0.05, 0) is 25.5 Å². The van der Waals surface area contributed by atoms with Crippen molar-refractivity contribution >= 4 is 28.8 Å². The first-order chi connectivity index (χ1) is 8.70. The smallest absolute Gasteiger partial charge is 0.257 e. The third kappa shape index (κ3) is 3.04. The molecule has 96 valence electrons.